The van der Waals surface area contributed by atoms with Crippen LogP contribution in [0, 0.1) is 0 Å². The minimum absolute atomic E-state index is 0.0157. The highest BCUT2D eigenvalue weighted by Crippen LogP contribution is 2.28. The van der Waals surface area contributed by atoms with Crippen LogP contribution < -0.4 is 10.3 Å². The van der Waals surface area contributed by atoms with Gasteiger partial charge in [-0.25, -0.2) is 4.79 Å². The van der Waals surface area contributed by atoms with Gasteiger partial charge in [-0.2, -0.15) is 10.1 Å². The molecule has 188 valence electrons. The van der Waals surface area contributed by atoms with Crippen LogP contribution in [0.2, 0.25) is 5.02 Å². The Kier molecular flexibility index (Phi) is 9.66. The molecule has 1 heterocycles. The smallest absolute Gasteiger partial charge is 0.347 e. The highest BCUT2D eigenvalue weighted by Gasteiger charge is 2.30. The Morgan fingerprint density at radius 3 is 2.76 bits per heavy atom. The number of carbonyl (C=O) groups is 2. The summed E-state index contributed by atoms with van der Waals surface area (Å²) in [4.78, 5) is 27.4. The standard InChI is InChI=1S/C23H33ClN4O6/c1-33-14-18(29)13-27-16-34-11-10-26-28(22(27)31)17-6-7-20(24)19(12-17)21(30)25-15-23(32)8-4-2-3-5-9-23/h6-7,10,12,18,29,32H,2-5,8-9,11,13-16H2,1H3,(H,25,30)/b26-10-/t18-/m1/s1. The second-order valence-corrected chi connectivity index (χ2v) is 9.12. The van der Waals surface area contributed by atoms with E-state index in [0.717, 1.165) is 30.7 Å². The molecule has 1 aliphatic carbocycles. The van der Waals surface area contributed by atoms with Gasteiger partial charge in [-0.15, -0.1) is 0 Å². The van der Waals surface area contributed by atoms with Crippen LogP contribution in [0.3, 0.4) is 0 Å². The van der Waals surface area contributed by atoms with Gasteiger partial charge in [0.2, 0.25) is 0 Å². The molecular formula is C23H33ClN4O6. The lowest BCUT2D eigenvalue weighted by Crippen LogP contribution is -2.47. The zero-order valence-corrected chi connectivity index (χ0v) is 20.2. The Bertz CT molecular complexity index is 875. The van der Waals surface area contributed by atoms with Gasteiger partial charge in [0.15, 0.2) is 0 Å². The summed E-state index contributed by atoms with van der Waals surface area (Å²) in [6.07, 6.45) is 5.85. The van der Waals surface area contributed by atoms with Gasteiger partial charge in [-0.3, -0.25) is 9.69 Å². The number of methoxy groups -OCH3 is 1. The number of amides is 3. The topological polar surface area (TPSA) is 124 Å². The van der Waals surface area contributed by atoms with E-state index >= 15 is 0 Å². The lowest BCUT2D eigenvalue weighted by molar-refractivity contribution is 0.0116. The molecule has 1 aliphatic heterocycles. The number of anilines is 1. The molecule has 2 aliphatic rings. The van der Waals surface area contributed by atoms with Crippen LogP contribution in [-0.4, -0.2) is 85.1 Å². The number of halogens is 1. The van der Waals surface area contributed by atoms with E-state index < -0.39 is 23.6 Å². The molecule has 3 amide bonds. The van der Waals surface area contributed by atoms with Crippen LogP contribution in [-0.2, 0) is 9.47 Å². The molecule has 1 fully saturated rings. The molecule has 0 unspecified atom stereocenters. The number of ether oxygens (including phenoxy) is 2. The lowest BCUT2D eigenvalue weighted by Gasteiger charge is -2.30. The van der Waals surface area contributed by atoms with Gasteiger partial charge >= 0.3 is 6.03 Å². The molecule has 1 aromatic rings. The predicted octanol–water partition coefficient (Wildman–Crippen LogP) is 2.36. The summed E-state index contributed by atoms with van der Waals surface area (Å²) in [5.74, 6) is -0.441. The molecule has 0 radical (unpaired) electrons. The number of hydrazone groups is 1. The fourth-order valence-corrected chi connectivity index (χ4v) is 4.30. The number of aliphatic hydroxyl groups excluding tert-OH is 1. The number of hydrogen-bond acceptors (Lipinski definition) is 7. The van der Waals surface area contributed by atoms with Gasteiger partial charge in [0, 0.05) is 13.7 Å². The van der Waals surface area contributed by atoms with Crippen molar-refractivity contribution in [3.8, 4) is 0 Å². The number of urea groups is 1. The third-order valence-electron chi connectivity index (χ3n) is 5.93. The van der Waals surface area contributed by atoms with E-state index in [1.54, 1.807) is 6.07 Å². The average Bonchev–Trinajstić information content (AvgIpc) is 3.03. The van der Waals surface area contributed by atoms with Crippen molar-refractivity contribution >= 4 is 35.4 Å². The van der Waals surface area contributed by atoms with E-state index in [4.69, 9.17) is 21.1 Å². The summed E-state index contributed by atoms with van der Waals surface area (Å²) < 4.78 is 10.3. The lowest BCUT2D eigenvalue weighted by atomic mass is 9.94. The average molecular weight is 497 g/mol. The molecule has 0 aromatic heterocycles. The van der Waals surface area contributed by atoms with Crippen molar-refractivity contribution in [2.45, 2.75) is 50.2 Å². The molecular weight excluding hydrogens is 464 g/mol. The van der Waals surface area contributed by atoms with Crippen molar-refractivity contribution in [2.75, 3.05) is 45.2 Å². The van der Waals surface area contributed by atoms with Crippen LogP contribution in [0.15, 0.2) is 23.3 Å². The van der Waals surface area contributed by atoms with Crippen molar-refractivity contribution in [2.24, 2.45) is 5.10 Å². The van der Waals surface area contributed by atoms with Gasteiger partial charge in [0.05, 0.1) is 54.0 Å². The maximum atomic E-state index is 13.2. The summed E-state index contributed by atoms with van der Waals surface area (Å²) >= 11 is 6.30. The Morgan fingerprint density at radius 2 is 2.06 bits per heavy atom. The molecule has 0 saturated heterocycles. The van der Waals surface area contributed by atoms with Gasteiger partial charge in [0.25, 0.3) is 5.91 Å². The molecule has 34 heavy (non-hydrogen) atoms. The van der Waals surface area contributed by atoms with Crippen molar-refractivity contribution in [1.82, 2.24) is 10.2 Å². The summed E-state index contributed by atoms with van der Waals surface area (Å²) in [5, 5.41) is 29.2. The number of rotatable bonds is 8. The van der Waals surface area contributed by atoms with E-state index in [-0.39, 0.29) is 43.6 Å². The first-order valence-electron chi connectivity index (χ1n) is 11.5. The third-order valence-corrected chi connectivity index (χ3v) is 6.26. The second kappa shape index (κ2) is 12.5. The maximum absolute atomic E-state index is 13.2. The normalized spacial score (nSPS) is 20.8. The molecule has 1 atom stereocenters. The van der Waals surface area contributed by atoms with Gasteiger partial charge in [-0.05, 0) is 31.0 Å². The van der Waals surface area contributed by atoms with E-state index in [0.29, 0.717) is 18.5 Å². The Morgan fingerprint density at radius 1 is 1.32 bits per heavy atom. The zero-order chi connectivity index (χ0) is 24.6. The number of benzene rings is 1. The summed E-state index contributed by atoms with van der Waals surface area (Å²) in [6.45, 7) is 0.306. The first-order valence-corrected chi connectivity index (χ1v) is 11.9. The number of nitrogens with zero attached hydrogens (tertiary/aromatic N) is 3. The summed E-state index contributed by atoms with van der Waals surface area (Å²) in [7, 11) is 1.46. The van der Waals surface area contributed by atoms with Crippen molar-refractivity contribution in [3.63, 3.8) is 0 Å². The van der Waals surface area contributed by atoms with Crippen molar-refractivity contribution < 1.29 is 29.3 Å². The third kappa shape index (κ3) is 7.13. The van der Waals surface area contributed by atoms with Gasteiger partial charge in [0.1, 0.15) is 6.73 Å². The fraction of sp³-hybridized carbons (Fsp3) is 0.609. The monoisotopic (exact) mass is 496 g/mol. The van der Waals surface area contributed by atoms with Gasteiger partial charge < -0.3 is 25.0 Å². The molecule has 11 heteroatoms. The Balaban J connectivity index is 1.76. The quantitative estimate of drug-likeness (QED) is 0.475. The largest absolute Gasteiger partial charge is 0.389 e. The van der Waals surface area contributed by atoms with Gasteiger partial charge in [-0.1, -0.05) is 37.3 Å². The zero-order valence-electron chi connectivity index (χ0n) is 19.4. The fourth-order valence-electron chi connectivity index (χ4n) is 4.10. The van der Waals surface area contributed by atoms with E-state index in [2.05, 4.69) is 10.4 Å². The second-order valence-electron chi connectivity index (χ2n) is 8.71. The Hall–Kier alpha value is -2.24. The van der Waals surface area contributed by atoms with Crippen molar-refractivity contribution in [3.05, 3.63) is 28.8 Å². The van der Waals surface area contributed by atoms with Crippen LogP contribution in [0.1, 0.15) is 48.9 Å². The van der Waals surface area contributed by atoms with Crippen LogP contribution in [0.4, 0.5) is 10.5 Å². The molecule has 1 saturated carbocycles. The maximum Gasteiger partial charge on any atom is 0.347 e. The molecule has 0 bridgehead atoms. The van der Waals surface area contributed by atoms with Crippen molar-refractivity contribution in [1.29, 1.82) is 0 Å². The number of aliphatic hydroxyl groups is 2. The highest BCUT2D eigenvalue weighted by atomic mass is 35.5. The van der Waals surface area contributed by atoms with E-state index in [1.165, 1.54) is 30.4 Å². The molecule has 10 nitrogen and oxygen atoms in total. The first kappa shape index (κ1) is 26.4. The number of hydrogen-bond donors (Lipinski definition) is 3. The highest BCUT2D eigenvalue weighted by molar-refractivity contribution is 6.34. The predicted molar refractivity (Wildman–Crippen MR) is 128 cm³/mol. The first-order chi connectivity index (χ1) is 16.3. The number of carbonyl (C=O) groups excluding carboxylic acids is 2. The number of β-amino-alcohol motifs (C(OH)–C–C–N with tert-alkyl or cyclic N) is 1. The van der Waals surface area contributed by atoms with Crippen LogP contribution >= 0.6 is 11.6 Å². The summed E-state index contributed by atoms with van der Waals surface area (Å²) in [5.41, 5.74) is -0.427. The molecule has 0 spiro atoms. The molecule has 3 N–H and O–H groups in total. The minimum atomic E-state index is -0.927. The van der Waals surface area contributed by atoms with E-state index in [1.807, 2.05) is 0 Å². The Labute approximate surface area is 204 Å². The molecule has 3 rings (SSSR count). The summed E-state index contributed by atoms with van der Waals surface area (Å²) in [6, 6.07) is 4.05. The number of nitrogens with one attached hydrogen (secondary N) is 1. The molecule has 1 aromatic carbocycles. The SMILES string of the molecule is COC[C@H](O)CN1COC/C=N\N(c2ccc(Cl)c(C(=O)NCC3(O)CCCCCC3)c2)C1=O. The van der Waals surface area contributed by atoms with Crippen LogP contribution in [0.25, 0.3) is 0 Å². The van der Waals surface area contributed by atoms with Crippen LogP contribution in [0.5, 0.6) is 0 Å². The minimum Gasteiger partial charge on any atom is -0.389 e. The van der Waals surface area contributed by atoms with E-state index in [9.17, 15) is 19.8 Å².